The van der Waals surface area contributed by atoms with Gasteiger partial charge in [0.25, 0.3) is 0 Å². The summed E-state index contributed by atoms with van der Waals surface area (Å²) in [6, 6.07) is 12.7. The van der Waals surface area contributed by atoms with Crippen molar-refractivity contribution < 1.29 is 4.74 Å². The lowest BCUT2D eigenvalue weighted by molar-refractivity contribution is 0.249. The van der Waals surface area contributed by atoms with E-state index in [0.717, 1.165) is 65.6 Å². The number of para-hydroxylation sites is 1. The van der Waals surface area contributed by atoms with Gasteiger partial charge in [0.05, 0.1) is 30.2 Å². The molecule has 0 radical (unpaired) electrons. The van der Waals surface area contributed by atoms with Crippen molar-refractivity contribution >= 4 is 51.5 Å². The smallest absolute Gasteiger partial charge is 0.229 e. The van der Waals surface area contributed by atoms with Gasteiger partial charge < -0.3 is 30.2 Å². The molecule has 9 nitrogen and oxygen atoms in total. The summed E-state index contributed by atoms with van der Waals surface area (Å²) in [7, 11) is 5.98. The van der Waals surface area contributed by atoms with E-state index in [4.69, 9.17) is 16.3 Å². The average molecular weight is 507 g/mol. The molecule has 0 amide bonds. The molecular formula is C26H31ClN8O. The number of rotatable bonds is 7. The number of hydrogen-bond donors (Lipinski definition) is 3. The zero-order chi connectivity index (χ0) is 25.2. The minimum absolute atomic E-state index is 0.408. The van der Waals surface area contributed by atoms with E-state index >= 15 is 0 Å². The van der Waals surface area contributed by atoms with E-state index < -0.39 is 0 Å². The molecule has 1 aliphatic heterocycles. The van der Waals surface area contributed by atoms with Gasteiger partial charge in [-0.3, -0.25) is 0 Å². The predicted molar refractivity (Wildman–Crippen MR) is 146 cm³/mol. The molecule has 188 valence electrons. The third-order valence-electron chi connectivity index (χ3n) is 6.62. The number of imidazole rings is 1. The number of ether oxygens (including phenoxy) is 1. The molecule has 0 saturated carbocycles. The Morgan fingerprint density at radius 3 is 2.64 bits per heavy atom. The van der Waals surface area contributed by atoms with E-state index in [0.29, 0.717) is 22.8 Å². The van der Waals surface area contributed by atoms with E-state index in [9.17, 15) is 0 Å². The lowest BCUT2D eigenvalue weighted by atomic mass is 10.0. The van der Waals surface area contributed by atoms with Crippen molar-refractivity contribution in [3.05, 3.63) is 53.4 Å². The number of aromatic nitrogens is 4. The van der Waals surface area contributed by atoms with Gasteiger partial charge in [0.1, 0.15) is 22.1 Å². The van der Waals surface area contributed by atoms with Gasteiger partial charge in [-0.15, -0.1) is 0 Å². The van der Waals surface area contributed by atoms with Crippen LogP contribution in [0.15, 0.2) is 42.6 Å². The van der Waals surface area contributed by atoms with E-state index in [2.05, 4.69) is 66.6 Å². The highest BCUT2D eigenvalue weighted by Crippen LogP contribution is 2.34. The molecule has 5 rings (SSSR count). The Morgan fingerprint density at radius 2 is 1.89 bits per heavy atom. The molecule has 0 atom stereocenters. The van der Waals surface area contributed by atoms with Crippen molar-refractivity contribution in [2.45, 2.75) is 25.8 Å². The van der Waals surface area contributed by atoms with Crippen LogP contribution in [0, 0.1) is 6.92 Å². The molecule has 4 aromatic rings. The number of aromatic amines is 1. The van der Waals surface area contributed by atoms with Crippen molar-refractivity contribution in [3.8, 4) is 5.75 Å². The van der Waals surface area contributed by atoms with Gasteiger partial charge in [0, 0.05) is 30.9 Å². The van der Waals surface area contributed by atoms with Crippen LogP contribution in [0.3, 0.4) is 0 Å². The van der Waals surface area contributed by atoms with Gasteiger partial charge >= 0.3 is 0 Å². The SMILES string of the molecule is COc1cc(N2CCC(N(C)C)CC2)ccc1Nc1ncc(Cl)c(Nc2cccc3[nH]c(C)nc23)n1. The second-order valence-corrected chi connectivity index (χ2v) is 9.64. The number of piperidine rings is 1. The minimum Gasteiger partial charge on any atom is -0.494 e. The number of fused-ring (bicyclic) bond motifs is 1. The van der Waals surface area contributed by atoms with E-state index in [1.165, 1.54) is 0 Å². The molecule has 1 aliphatic rings. The van der Waals surface area contributed by atoms with Crippen LogP contribution in [0.5, 0.6) is 5.75 Å². The third kappa shape index (κ3) is 5.03. The minimum atomic E-state index is 0.408. The van der Waals surface area contributed by atoms with Crippen molar-refractivity contribution in [1.29, 1.82) is 0 Å². The molecule has 1 fully saturated rings. The first-order chi connectivity index (χ1) is 17.4. The standard InChI is InChI=1S/C26H31ClN8O/c1-16-29-21-6-5-7-22(24(21)30-16)31-25-19(27)15-28-26(33-25)32-20-9-8-18(14-23(20)36-4)35-12-10-17(11-13-35)34(2)3/h5-9,14-15,17H,10-13H2,1-4H3,(H,29,30)(H2,28,31,32,33). The fourth-order valence-electron chi connectivity index (χ4n) is 4.64. The molecule has 1 saturated heterocycles. The normalized spacial score (nSPS) is 14.4. The Hall–Kier alpha value is -3.56. The molecular weight excluding hydrogens is 476 g/mol. The first-order valence-corrected chi connectivity index (χ1v) is 12.4. The monoisotopic (exact) mass is 506 g/mol. The summed E-state index contributed by atoms with van der Waals surface area (Å²) in [5, 5.41) is 6.99. The topological polar surface area (TPSA) is 94.2 Å². The first-order valence-electron chi connectivity index (χ1n) is 12.0. The lowest BCUT2D eigenvalue weighted by Gasteiger charge is -2.36. The lowest BCUT2D eigenvalue weighted by Crippen LogP contribution is -2.41. The molecule has 0 aliphatic carbocycles. The van der Waals surface area contributed by atoms with Crippen LogP contribution in [-0.4, -0.2) is 65.2 Å². The number of hydrogen-bond acceptors (Lipinski definition) is 8. The molecule has 0 unspecified atom stereocenters. The van der Waals surface area contributed by atoms with Crippen LogP contribution in [0.25, 0.3) is 11.0 Å². The number of nitrogens with one attached hydrogen (secondary N) is 3. The predicted octanol–water partition coefficient (Wildman–Crippen LogP) is 5.34. The van der Waals surface area contributed by atoms with Gasteiger partial charge in [-0.05, 0) is 58.1 Å². The highest BCUT2D eigenvalue weighted by molar-refractivity contribution is 6.33. The molecule has 2 aromatic heterocycles. The van der Waals surface area contributed by atoms with Gasteiger partial charge in [-0.1, -0.05) is 17.7 Å². The number of anilines is 5. The van der Waals surface area contributed by atoms with Gasteiger partial charge in [0.15, 0.2) is 5.82 Å². The summed E-state index contributed by atoms with van der Waals surface area (Å²) in [5.74, 6) is 2.46. The summed E-state index contributed by atoms with van der Waals surface area (Å²) < 4.78 is 5.70. The van der Waals surface area contributed by atoms with Crippen molar-refractivity contribution in [2.75, 3.05) is 49.8 Å². The maximum absolute atomic E-state index is 6.42. The second kappa shape index (κ2) is 10.2. The zero-order valence-electron chi connectivity index (χ0n) is 21.0. The highest BCUT2D eigenvalue weighted by atomic mass is 35.5. The highest BCUT2D eigenvalue weighted by Gasteiger charge is 2.21. The molecule has 2 aromatic carbocycles. The molecule has 0 spiro atoms. The van der Waals surface area contributed by atoms with Crippen molar-refractivity contribution in [2.24, 2.45) is 0 Å². The Bertz CT molecular complexity index is 1360. The first kappa shape index (κ1) is 24.1. The fourth-order valence-corrected chi connectivity index (χ4v) is 4.78. The summed E-state index contributed by atoms with van der Waals surface area (Å²) in [5.41, 5.74) is 4.50. The Morgan fingerprint density at radius 1 is 1.08 bits per heavy atom. The molecule has 0 bridgehead atoms. The fraction of sp³-hybridized carbons (Fsp3) is 0.346. The number of aryl methyl sites for hydroxylation is 1. The maximum atomic E-state index is 6.42. The number of methoxy groups -OCH3 is 1. The number of benzene rings is 2. The van der Waals surface area contributed by atoms with Crippen LogP contribution in [0.1, 0.15) is 18.7 Å². The summed E-state index contributed by atoms with van der Waals surface area (Å²) in [6.45, 7) is 3.97. The van der Waals surface area contributed by atoms with Gasteiger partial charge in [-0.2, -0.15) is 4.98 Å². The van der Waals surface area contributed by atoms with Gasteiger partial charge in [-0.25, -0.2) is 9.97 Å². The summed E-state index contributed by atoms with van der Waals surface area (Å²) >= 11 is 6.42. The maximum Gasteiger partial charge on any atom is 0.229 e. The summed E-state index contributed by atoms with van der Waals surface area (Å²) in [6.07, 6.45) is 3.87. The Kier molecular flexibility index (Phi) is 6.84. The third-order valence-corrected chi connectivity index (χ3v) is 6.90. The van der Waals surface area contributed by atoms with Gasteiger partial charge in [0.2, 0.25) is 5.95 Å². The van der Waals surface area contributed by atoms with E-state index in [1.54, 1.807) is 13.3 Å². The van der Waals surface area contributed by atoms with Crippen LogP contribution in [0.4, 0.5) is 28.8 Å². The van der Waals surface area contributed by atoms with Crippen LogP contribution >= 0.6 is 11.6 Å². The molecule has 3 N–H and O–H groups in total. The summed E-state index contributed by atoms with van der Waals surface area (Å²) in [4.78, 5) is 21.5. The second-order valence-electron chi connectivity index (χ2n) is 9.23. The van der Waals surface area contributed by atoms with E-state index in [-0.39, 0.29) is 0 Å². The molecule has 3 heterocycles. The zero-order valence-corrected chi connectivity index (χ0v) is 21.7. The quantitative estimate of drug-likeness (QED) is 0.309. The number of halogens is 1. The molecule has 10 heteroatoms. The van der Waals surface area contributed by atoms with E-state index in [1.807, 2.05) is 31.2 Å². The van der Waals surface area contributed by atoms with Crippen molar-refractivity contribution in [1.82, 2.24) is 24.8 Å². The van der Waals surface area contributed by atoms with Crippen LogP contribution < -0.4 is 20.3 Å². The van der Waals surface area contributed by atoms with Crippen LogP contribution in [0.2, 0.25) is 5.02 Å². The Labute approximate surface area is 215 Å². The van der Waals surface area contributed by atoms with Crippen molar-refractivity contribution in [3.63, 3.8) is 0 Å². The number of nitrogens with zero attached hydrogens (tertiary/aromatic N) is 5. The number of H-pyrrole nitrogens is 1. The average Bonchev–Trinajstić information content (AvgIpc) is 3.27. The Balaban J connectivity index is 1.34. The largest absolute Gasteiger partial charge is 0.494 e. The molecule has 36 heavy (non-hydrogen) atoms. The van der Waals surface area contributed by atoms with Crippen LogP contribution in [-0.2, 0) is 0 Å².